The van der Waals surface area contributed by atoms with E-state index in [1.54, 1.807) is 11.1 Å². The number of nitrogens with one attached hydrogen (secondary N) is 1. The second-order valence-corrected chi connectivity index (χ2v) is 9.02. The van der Waals surface area contributed by atoms with Crippen LogP contribution in [0.15, 0.2) is 36.5 Å². The number of para-hydroxylation sites is 1. The third-order valence-electron chi connectivity index (χ3n) is 5.41. The van der Waals surface area contributed by atoms with Gasteiger partial charge in [0.2, 0.25) is 0 Å². The second-order valence-electron chi connectivity index (χ2n) is 9.02. The van der Waals surface area contributed by atoms with E-state index in [-0.39, 0.29) is 12.0 Å². The van der Waals surface area contributed by atoms with Crippen molar-refractivity contribution < 1.29 is 14.3 Å². The van der Waals surface area contributed by atoms with E-state index in [4.69, 9.17) is 4.74 Å². The van der Waals surface area contributed by atoms with Gasteiger partial charge < -0.3 is 15.0 Å². The minimum atomic E-state index is -0.471. The summed E-state index contributed by atoms with van der Waals surface area (Å²) in [5, 5.41) is 7.46. The van der Waals surface area contributed by atoms with Gasteiger partial charge in [0.05, 0.1) is 23.1 Å². The van der Waals surface area contributed by atoms with Crippen LogP contribution in [0.4, 0.5) is 4.79 Å². The molecule has 2 heterocycles. The van der Waals surface area contributed by atoms with Crippen LogP contribution in [0.25, 0.3) is 5.69 Å². The highest BCUT2D eigenvalue weighted by molar-refractivity contribution is 5.95. The van der Waals surface area contributed by atoms with Crippen molar-refractivity contribution in [3.05, 3.63) is 47.8 Å². The normalized spacial score (nSPS) is 14.9. The molecule has 1 fully saturated rings. The van der Waals surface area contributed by atoms with Crippen LogP contribution in [-0.2, 0) is 11.2 Å². The lowest BCUT2D eigenvalue weighted by molar-refractivity contribution is 0.0144. The van der Waals surface area contributed by atoms with Gasteiger partial charge in [-0.3, -0.25) is 9.69 Å². The van der Waals surface area contributed by atoms with Crippen molar-refractivity contribution in [3.63, 3.8) is 0 Å². The van der Waals surface area contributed by atoms with Crippen molar-refractivity contribution in [1.82, 2.24) is 24.9 Å². The molecule has 1 saturated heterocycles. The second kappa shape index (κ2) is 10.6. The molecule has 1 aliphatic rings. The Morgan fingerprint density at radius 3 is 2.41 bits per heavy atom. The van der Waals surface area contributed by atoms with Gasteiger partial charge in [0, 0.05) is 32.7 Å². The fraction of sp³-hybridized carbons (Fsp3) is 0.542. The molecule has 0 unspecified atom stereocenters. The Hall–Kier alpha value is -2.87. The Balaban J connectivity index is 1.42. The largest absolute Gasteiger partial charge is 0.444 e. The lowest BCUT2D eigenvalue weighted by Crippen LogP contribution is -2.50. The number of amides is 2. The van der Waals surface area contributed by atoms with E-state index in [0.717, 1.165) is 43.9 Å². The fourth-order valence-corrected chi connectivity index (χ4v) is 3.78. The molecule has 0 bridgehead atoms. The number of rotatable bonds is 7. The fourth-order valence-electron chi connectivity index (χ4n) is 3.78. The van der Waals surface area contributed by atoms with Crippen LogP contribution in [0.3, 0.4) is 0 Å². The lowest BCUT2D eigenvalue weighted by Gasteiger charge is -2.35. The number of nitrogens with zero attached hydrogens (tertiary/aromatic N) is 4. The number of carbonyl (C=O) groups is 2. The molecular formula is C24H35N5O3. The van der Waals surface area contributed by atoms with Crippen molar-refractivity contribution in [3.8, 4) is 5.69 Å². The van der Waals surface area contributed by atoms with Crippen molar-refractivity contribution in [1.29, 1.82) is 0 Å². The van der Waals surface area contributed by atoms with E-state index in [0.29, 0.717) is 25.2 Å². The number of carbonyl (C=O) groups excluding carboxylic acids is 2. The first-order valence-electron chi connectivity index (χ1n) is 11.4. The number of benzene rings is 1. The van der Waals surface area contributed by atoms with Gasteiger partial charge in [0.25, 0.3) is 5.91 Å². The zero-order chi connectivity index (χ0) is 23.1. The summed E-state index contributed by atoms with van der Waals surface area (Å²) in [5.41, 5.74) is 2.02. The van der Waals surface area contributed by atoms with Gasteiger partial charge in [0.15, 0.2) is 0 Å². The highest BCUT2D eigenvalue weighted by atomic mass is 16.6. The third kappa shape index (κ3) is 6.32. The van der Waals surface area contributed by atoms with Crippen LogP contribution in [-0.4, -0.2) is 76.5 Å². The number of aromatic nitrogens is 2. The summed E-state index contributed by atoms with van der Waals surface area (Å²) < 4.78 is 7.27. The van der Waals surface area contributed by atoms with Gasteiger partial charge in [-0.15, -0.1) is 0 Å². The van der Waals surface area contributed by atoms with E-state index >= 15 is 0 Å². The van der Waals surface area contributed by atoms with E-state index in [2.05, 4.69) is 15.3 Å². The van der Waals surface area contributed by atoms with Crippen molar-refractivity contribution in [2.45, 2.75) is 46.1 Å². The minimum absolute atomic E-state index is 0.0845. The quantitative estimate of drug-likeness (QED) is 0.668. The molecule has 8 heteroatoms. The SMILES string of the molecule is CCc1c(C(=O)NCCCN2CCN(C(=O)OC(C)(C)C)CC2)cnn1-c1ccccc1. The third-order valence-corrected chi connectivity index (χ3v) is 5.41. The predicted molar refractivity (Wildman–Crippen MR) is 124 cm³/mol. The maximum atomic E-state index is 12.7. The number of piperazine rings is 1. The van der Waals surface area contributed by atoms with E-state index in [1.165, 1.54) is 0 Å². The minimum Gasteiger partial charge on any atom is -0.444 e. The summed E-state index contributed by atoms with van der Waals surface area (Å²) in [6, 6.07) is 9.85. The van der Waals surface area contributed by atoms with Gasteiger partial charge >= 0.3 is 6.09 Å². The Bertz CT molecular complexity index is 896. The highest BCUT2D eigenvalue weighted by Gasteiger charge is 2.25. The molecule has 3 rings (SSSR count). The van der Waals surface area contributed by atoms with Gasteiger partial charge in [-0.05, 0) is 52.3 Å². The first kappa shape index (κ1) is 23.8. The Labute approximate surface area is 190 Å². The highest BCUT2D eigenvalue weighted by Crippen LogP contribution is 2.16. The van der Waals surface area contributed by atoms with E-state index in [9.17, 15) is 9.59 Å². The average molecular weight is 442 g/mol. The monoisotopic (exact) mass is 441 g/mol. The van der Waals surface area contributed by atoms with Crippen LogP contribution in [0.5, 0.6) is 0 Å². The maximum absolute atomic E-state index is 12.7. The first-order valence-corrected chi connectivity index (χ1v) is 11.4. The van der Waals surface area contributed by atoms with Crippen molar-refractivity contribution >= 4 is 12.0 Å². The number of ether oxygens (including phenoxy) is 1. The Morgan fingerprint density at radius 2 is 1.78 bits per heavy atom. The van der Waals surface area contributed by atoms with Crippen LogP contribution in [0.1, 0.15) is 50.2 Å². The molecule has 0 aliphatic carbocycles. The average Bonchev–Trinajstić information content (AvgIpc) is 3.20. The summed E-state index contributed by atoms with van der Waals surface area (Å²) >= 11 is 0. The predicted octanol–water partition coefficient (Wildman–Crippen LogP) is 3.11. The number of hydrogen-bond donors (Lipinski definition) is 1. The molecule has 1 aliphatic heterocycles. The van der Waals surface area contributed by atoms with E-state index in [1.807, 2.05) is 62.7 Å². The van der Waals surface area contributed by atoms with Crippen molar-refractivity contribution in [2.75, 3.05) is 39.3 Å². The molecule has 2 aromatic rings. The summed E-state index contributed by atoms with van der Waals surface area (Å²) in [6.07, 6.45) is 2.98. The Kier molecular flexibility index (Phi) is 7.90. The molecule has 0 atom stereocenters. The lowest BCUT2D eigenvalue weighted by atomic mass is 10.2. The molecule has 0 spiro atoms. The molecule has 1 N–H and O–H groups in total. The molecule has 0 radical (unpaired) electrons. The molecule has 32 heavy (non-hydrogen) atoms. The van der Waals surface area contributed by atoms with Crippen LogP contribution < -0.4 is 5.32 Å². The summed E-state index contributed by atoms with van der Waals surface area (Å²) in [4.78, 5) is 29.0. The van der Waals surface area contributed by atoms with Gasteiger partial charge in [-0.1, -0.05) is 25.1 Å². The topological polar surface area (TPSA) is 79.7 Å². The summed E-state index contributed by atoms with van der Waals surface area (Å²) in [6.45, 7) is 12.1. The molecule has 174 valence electrons. The van der Waals surface area contributed by atoms with E-state index < -0.39 is 5.60 Å². The van der Waals surface area contributed by atoms with Gasteiger partial charge in [-0.25, -0.2) is 9.48 Å². The molecule has 8 nitrogen and oxygen atoms in total. The molecule has 0 saturated carbocycles. The first-order chi connectivity index (χ1) is 15.3. The zero-order valence-corrected chi connectivity index (χ0v) is 19.6. The zero-order valence-electron chi connectivity index (χ0n) is 19.6. The van der Waals surface area contributed by atoms with Gasteiger partial charge in [0.1, 0.15) is 5.60 Å². The number of hydrogen-bond acceptors (Lipinski definition) is 5. The standard InChI is InChI=1S/C24H35N5O3/c1-5-21-20(18-26-29(21)19-10-7-6-8-11-19)22(30)25-12-9-13-27-14-16-28(17-15-27)23(31)32-24(2,3)4/h6-8,10-11,18H,5,9,12-17H2,1-4H3,(H,25,30). The Morgan fingerprint density at radius 1 is 1.09 bits per heavy atom. The van der Waals surface area contributed by atoms with Gasteiger partial charge in [-0.2, -0.15) is 5.10 Å². The molecular weight excluding hydrogens is 406 g/mol. The molecule has 1 aromatic heterocycles. The smallest absolute Gasteiger partial charge is 0.410 e. The summed E-state index contributed by atoms with van der Waals surface area (Å²) in [5.74, 6) is -0.0845. The van der Waals surface area contributed by atoms with Crippen LogP contribution in [0.2, 0.25) is 0 Å². The maximum Gasteiger partial charge on any atom is 0.410 e. The van der Waals surface area contributed by atoms with Crippen molar-refractivity contribution in [2.24, 2.45) is 0 Å². The van der Waals surface area contributed by atoms with Crippen LogP contribution in [0, 0.1) is 0 Å². The molecule has 1 aromatic carbocycles. The van der Waals surface area contributed by atoms with Crippen LogP contribution >= 0.6 is 0 Å². The molecule has 2 amide bonds. The summed E-state index contributed by atoms with van der Waals surface area (Å²) in [7, 11) is 0.